The summed E-state index contributed by atoms with van der Waals surface area (Å²) < 4.78 is 10.7. The van der Waals surface area contributed by atoms with Crippen molar-refractivity contribution in [3.63, 3.8) is 0 Å². The van der Waals surface area contributed by atoms with Crippen LogP contribution in [-0.4, -0.2) is 30.1 Å². The van der Waals surface area contributed by atoms with E-state index in [1.165, 1.54) is 0 Å². The molecule has 1 amide bonds. The van der Waals surface area contributed by atoms with Crippen LogP contribution in [0, 0.1) is 0 Å². The Morgan fingerprint density at radius 3 is 2.42 bits per heavy atom. The summed E-state index contributed by atoms with van der Waals surface area (Å²) in [6.07, 6.45) is 1.82. The second kappa shape index (κ2) is 10.1. The summed E-state index contributed by atoms with van der Waals surface area (Å²) in [7, 11) is 0. The van der Waals surface area contributed by atoms with Gasteiger partial charge < -0.3 is 14.8 Å². The van der Waals surface area contributed by atoms with Crippen molar-refractivity contribution in [1.29, 1.82) is 0 Å². The van der Waals surface area contributed by atoms with Gasteiger partial charge in [-0.3, -0.25) is 4.79 Å². The van der Waals surface area contributed by atoms with Gasteiger partial charge in [0.05, 0.1) is 12.6 Å². The van der Waals surface area contributed by atoms with Crippen LogP contribution in [0.2, 0.25) is 0 Å². The second-order valence-electron chi connectivity index (χ2n) is 6.79. The van der Waals surface area contributed by atoms with Gasteiger partial charge in [-0.2, -0.15) is 0 Å². The lowest BCUT2D eigenvalue weighted by atomic mass is 10.1. The standard InChI is InChI=1S/C19H29NO4/c1-5-6-12-16(20-18(22)24-19(2,3)4)17(21)14-23-13-15-10-8-7-9-11-15/h7-11,16H,5-6,12-14H2,1-4H3,(H,20,22). The van der Waals surface area contributed by atoms with Crippen LogP contribution in [0.1, 0.15) is 52.5 Å². The molecular formula is C19H29NO4. The number of carbonyl (C=O) groups is 2. The number of ketones is 1. The van der Waals surface area contributed by atoms with E-state index in [-0.39, 0.29) is 12.4 Å². The van der Waals surface area contributed by atoms with E-state index in [9.17, 15) is 9.59 Å². The fourth-order valence-electron chi connectivity index (χ4n) is 2.12. The van der Waals surface area contributed by atoms with E-state index >= 15 is 0 Å². The van der Waals surface area contributed by atoms with E-state index in [0.717, 1.165) is 18.4 Å². The zero-order chi connectivity index (χ0) is 18.0. The molecule has 24 heavy (non-hydrogen) atoms. The minimum atomic E-state index is -0.591. The van der Waals surface area contributed by atoms with Crippen molar-refractivity contribution in [2.45, 2.75) is 65.2 Å². The Hall–Kier alpha value is -1.88. The maximum absolute atomic E-state index is 12.3. The summed E-state index contributed by atoms with van der Waals surface area (Å²) in [6, 6.07) is 9.09. The van der Waals surface area contributed by atoms with E-state index in [0.29, 0.717) is 13.0 Å². The van der Waals surface area contributed by atoms with Crippen LogP contribution in [0.3, 0.4) is 0 Å². The average Bonchev–Trinajstić information content (AvgIpc) is 2.50. The summed E-state index contributed by atoms with van der Waals surface area (Å²) in [5.74, 6) is -0.134. The van der Waals surface area contributed by atoms with Crippen molar-refractivity contribution in [2.75, 3.05) is 6.61 Å². The molecule has 0 saturated carbocycles. The number of rotatable bonds is 9. The highest BCUT2D eigenvalue weighted by Crippen LogP contribution is 2.09. The smallest absolute Gasteiger partial charge is 0.408 e. The summed E-state index contributed by atoms with van der Waals surface area (Å²) in [5.41, 5.74) is 0.419. The van der Waals surface area contributed by atoms with Crippen molar-refractivity contribution in [2.24, 2.45) is 0 Å². The lowest BCUT2D eigenvalue weighted by molar-refractivity contribution is -0.126. The molecule has 1 unspecified atom stereocenters. The third-order valence-corrected chi connectivity index (χ3v) is 3.28. The Morgan fingerprint density at radius 2 is 1.83 bits per heavy atom. The largest absolute Gasteiger partial charge is 0.444 e. The fraction of sp³-hybridized carbons (Fsp3) is 0.579. The maximum atomic E-state index is 12.3. The summed E-state index contributed by atoms with van der Waals surface area (Å²) in [6.45, 7) is 7.76. The molecule has 0 radical (unpaired) electrons. The second-order valence-corrected chi connectivity index (χ2v) is 6.79. The number of amides is 1. The number of alkyl carbamates (subject to hydrolysis) is 1. The number of hydrogen-bond acceptors (Lipinski definition) is 4. The molecule has 1 atom stereocenters. The number of Topliss-reactive ketones (excluding diaryl/α,β-unsaturated/α-hetero) is 1. The highest BCUT2D eigenvalue weighted by molar-refractivity contribution is 5.88. The molecule has 134 valence electrons. The van der Waals surface area contributed by atoms with Gasteiger partial charge in [0.1, 0.15) is 12.2 Å². The van der Waals surface area contributed by atoms with Gasteiger partial charge in [-0.1, -0.05) is 50.1 Å². The fourth-order valence-corrected chi connectivity index (χ4v) is 2.12. The van der Waals surface area contributed by atoms with Crippen LogP contribution in [0.5, 0.6) is 0 Å². The van der Waals surface area contributed by atoms with Gasteiger partial charge in [0.2, 0.25) is 0 Å². The molecule has 0 saturated heterocycles. The Morgan fingerprint density at radius 1 is 1.17 bits per heavy atom. The molecule has 0 fully saturated rings. The van der Waals surface area contributed by atoms with E-state index in [1.807, 2.05) is 37.3 Å². The third-order valence-electron chi connectivity index (χ3n) is 3.28. The highest BCUT2D eigenvalue weighted by Gasteiger charge is 2.23. The SMILES string of the molecule is CCCCC(NC(=O)OC(C)(C)C)C(=O)COCc1ccccc1. The molecule has 0 heterocycles. The predicted octanol–water partition coefficient (Wildman–Crippen LogP) is 3.86. The Bertz CT molecular complexity index is 508. The van der Waals surface area contributed by atoms with Crippen LogP contribution in [0.4, 0.5) is 4.79 Å². The Kier molecular flexibility index (Phi) is 8.47. The van der Waals surface area contributed by atoms with Gasteiger partial charge in [0, 0.05) is 0 Å². The topological polar surface area (TPSA) is 64.6 Å². The zero-order valence-corrected chi connectivity index (χ0v) is 15.1. The predicted molar refractivity (Wildman–Crippen MR) is 93.8 cm³/mol. The molecule has 1 N–H and O–H groups in total. The van der Waals surface area contributed by atoms with Crippen LogP contribution >= 0.6 is 0 Å². The maximum Gasteiger partial charge on any atom is 0.408 e. The normalized spacial score (nSPS) is 12.5. The van der Waals surface area contributed by atoms with E-state index in [4.69, 9.17) is 9.47 Å². The summed E-state index contributed by atoms with van der Waals surface area (Å²) in [4.78, 5) is 24.3. The molecule has 0 aromatic heterocycles. The third kappa shape index (κ3) is 8.67. The number of benzene rings is 1. The first-order valence-corrected chi connectivity index (χ1v) is 8.45. The summed E-state index contributed by atoms with van der Waals surface area (Å²) >= 11 is 0. The first kappa shape index (κ1) is 20.2. The van der Waals surface area contributed by atoms with Gasteiger partial charge in [-0.15, -0.1) is 0 Å². The van der Waals surface area contributed by atoms with E-state index in [1.54, 1.807) is 20.8 Å². The number of ether oxygens (including phenoxy) is 2. The van der Waals surface area contributed by atoms with E-state index < -0.39 is 17.7 Å². The lowest BCUT2D eigenvalue weighted by Gasteiger charge is -2.23. The minimum absolute atomic E-state index is 0.0287. The molecule has 0 aliphatic heterocycles. The Balaban J connectivity index is 2.49. The molecule has 5 heteroatoms. The van der Waals surface area contributed by atoms with Gasteiger partial charge in [0.25, 0.3) is 0 Å². The van der Waals surface area contributed by atoms with Crippen molar-refractivity contribution in [3.05, 3.63) is 35.9 Å². The van der Waals surface area contributed by atoms with Crippen molar-refractivity contribution in [3.8, 4) is 0 Å². The molecule has 0 bridgehead atoms. The molecule has 0 spiro atoms. The minimum Gasteiger partial charge on any atom is -0.444 e. The first-order chi connectivity index (χ1) is 11.3. The van der Waals surface area contributed by atoms with Crippen LogP contribution in [0.25, 0.3) is 0 Å². The monoisotopic (exact) mass is 335 g/mol. The van der Waals surface area contributed by atoms with Crippen molar-refractivity contribution in [1.82, 2.24) is 5.32 Å². The zero-order valence-electron chi connectivity index (χ0n) is 15.1. The molecule has 0 aliphatic rings. The van der Waals surface area contributed by atoms with Gasteiger partial charge in [-0.25, -0.2) is 4.79 Å². The van der Waals surface area contributed by atoms with E-state index in [2.05, 4.69) is 5.32 Å². The average molecular weight is 335 g/mol. The van der Waals surface area contributed by atoms with Gasteiger partial charge in [-0.05, 0) is 32.8 Å². The van der Waals surface area contributed by atoms with Crippen molar-refractivity contribution >= 4 is 11.9 Å². The van der Waals surface area contributed by atoms with Crippen LogP contribution in [0.15, 0.2) is 30.3 Å². The number of unbranched alkanes of at least 4 members (excludes halogenated alkanes) is 1. The van der Waals surface area contributed by atoms with Gasteiger partial charge >= 0.3 is 6.09 Å². The number of nitrogens with one attached hydrogen (secondary N) is 1. The van der Waals surface area contributed by atoms with Gasteiger partial charge in [0.15, 0.2) is 5.78 Å². The highest BCUT2D eigenvalue weighted by atomic mass is 16.6. The summed E-state index contributed by atoms with van der Waals surface area (Å²) in [5, 5.41) is 2.67. The van der Waals surface area contributed by atoms with Crippen LogP contribution in [-0.2, 0) is 20.9 Å². The number of hydrogen-bond donors (Lipinski definition) is 1. The lowest BCUT2D eigenvalue weighted by Crippen LogP contribution is -2.44. The Labute approximate surface area is 144 Å². The molecule has 5 nitrogen and oxygen atoms in total. The van der Waals surface area contributed by atoms with Crippen LogP contribution < -0.4 is 5.32 Å². The molecule has 1 rings (SSSR count). The molecule has 0 aliphatic carbocycles. The molecule has 1 aromatic rings. The molecule has 1 aromatic carbocycles. The number of carbonyl (C=O) groups excluding carboxylic acids is 2. The quantitative estimate of drug-likeness (QED) is 0.744. The first-order valence-electron chi connectivity index (χ1n) is 8.45. The molecular weight excluding hydrogens is 306 g/mol. The van der Waals surface area contributed by atoms with Crippen molar-refractivity contribution < 1.29 is 19.1 Å².